The number of ether oxygens (including phenoxy) is 1. The van der Waals surface area contributed by atoms with Gasteiger partial charge in [0, 0.05) is 30.9 Å². The number of carbonyl (C=O) groups is 1. The van der Waals surface area contributed by atoms with Gasteiger partial charge in [-0.2, -0.15) is 0 Å². The van der Waals surface area contributed by atoms with E-state index in [0.717, 1.165) is 24.3 Å². The molecule has 2 aromatic rings. The van der Waals surface area contributed by atoms with Crippen LogP contribution in [-0.2, 0) is 0 Å². The Morgan fingerprint density at radius 1 is 1.19 bits per heavy atom. The van der Waals surface area contributed by atoms with Crippen LogP contribution >= 0.6 is 0 Å². The molecule has 6 heteroatoms. The SMILES string of the molecule is CC(C)Oc1ccc(-c2ccc(C(N)=O)c(N3C[C@H](C)C[C@H](C)C3)n2)cn1. The summed E-state index contributed by atoms with van der Waals surface area (Å²) in [7, 11) is 0. The number of carbonyl (C=O) groups excluding carboxylic acids is 1. The molecule has 0 bridgehead atoms. The molecule has 2 atom stereocenters. The number of amides is 1. The summed E-state index contributed by atoms with van der Waals surface area (Å²) in [6, 6.07) is 7.36. The van der Waals surface area contributed by atoms with Crippen LogP contribution in [0.4, 0.5) is 5.82 Å². The van der Waals surface area contributed by atoms with Crippen LogP contribution in [0.15, 0.2) is 30.5 Å². The average Bonchev–Trinajstić information content (AvgIpc) is 2.60. The third kappa shape index (κ3) is 4.56. The number of hydrogen-bond acceptors (Lipinski definition) is 5. The fourth-order valence-corrected chi connectivity index (χ4v) is 3.72. The summed E-state index contributed by atoms with van der Waals surface area (Å²) >= 11 is 0. The molecule has 0 unspecified atom stereocenters. The molecule has 1 saturated heterocycles. The number of piperidine rings is 1. The maximum absolute atomic E-state index is 11.9. The molecule has 1 aliphatic heterocycles. The number of nitrogens with two attached hydrogens (primary N) is 1. The summed E-state index contributed by atoms with van der Waals surface area (Å²) in [6.07, 6.45) is 3.00. The fourth-order valence-electron chi connectivity index (χ4n) is 3.72. The van der Waals surface area contributed by atoms with Gasteiger partial charge in [-0.05, 0) is 50.3 Å². The van der Waals surface area contributed by atoms with Crippen molar-refractivity contribution >= 4 is 11.7 Å². The van der Waals surface area contributed by atoms with E-state index < -0.39 is 5.91 Å². The van der Waals surface area contributed by atoms with Crippen molar-refractivity contribution in [1.29, 1.82) is 0 Å². The Labute approximate surface area is 160 Å². The molecule has 1 aliphatic rings. The topological polar surface area (TPSA) is 81.3 Å². The second kappa shape index (κ2) is 7.94. The van der Waals surface area contributed by atoms with Crippen LogP contribution in [-0.4, -0.2) is 35.1 Å². The Hall–Kier alpha value is -2.63. The van der Waals surface area contributed by atoms with E-state index in [0.29, 0.717) is 29.1 Å². The highest BCUT2D eigenvalue weighted by Gasteiger charge is 2.26. The molecule has 0 aromatic carbocycles. The standard InChI is InChI=1S/C21H28N4O2/c1-13(2)27-19-8-5-16(10-23-19)18-7-6-17(20(22)26)21(24-18)25-11-14(3)9-15(4)12-25/h5-8,10,13-15H,9,11-12H2,1-4H3,(H2,22,26)/t14-,15+. The Balaban J connectivity index is 1.94. The smallest absolute Gasteiger partial charge is 0.252 e. The van der Waals surface area contributed by atoms with Gasteiger partial charge in [0.05, 0.1) is 17.4 Å². The molecule has 2 aromatic heterocycles. The number of rotatable bonds is 5. The Bertz CT molecular complexity index is 794. The van der Waals surface area contributed by atoms with Crippen LogP contribution in [0.1, 0.15) is 44.5 Å². The molecule has 0 spiro atoms. The Kier molecular flexibility index (Phi) is 5.63. The van der Waals surface area contributed by atoms with Crippen molar-refractivity contribution in [3.8, 4) is 17.1 Å². The lowest BCUT2D eigenvalue weighted by Gasteiger charge is -2.36. The van der Waals surface area contributed by atoms with Crippen LogP contribution in [0.3, 0.4) is 0 Å². The van der Waals surface area contributed by atoms with Crippen LogP contribution in [0.2, 0.25) is 0 Å². The van der Waals surface area contributed by atoms with E-state index in [4.69, 9.17) is 15.5 Å². The zero-order valence-electron chi connectivity index (χ0n) is 16.5. The molecule has 0 saturated carbocycles. The van der Waals surface area contributed by atoms with E-state index in [-0.39, 0.29) is 6.10 Å². The summed E-state index contributed by atoms with van der Waals surface area (Å²) in [4.78, 5) is 23.3. The zero-order chi connectivity index (χ0) is 19.6. The van der Waals surface area contributed by atoms with Gasteiger partial charge >= 0.3 is 0 Å². The summed E-state index contributed by atoms with van der Waals surface area (Å²) in [5.74, 6) is 1.90. The lowest BCUT2D eigenvalue weighted by atomic mass is 9.91. The molecule has 6 nitrogen and oxygen atoms in total. The fraction of sp³-hybridized carbons (Fsp3) is 0.476. The molecule has 0 aliphatic carbocycles. The molecule has 0 radical (unpaired) electrons. The van der Waals surface area contributed by atoms with Gasteiger partial charge in [-0.3, -0.25) is 4.79 Å². The summed E-state index contributed by atoms with van der Waals surface area (Å²) < 4.78 is 5.60. The van der Waals surface area contributed by atoms with E-state index in [9.17, 15) is 4.79 Å². The van der Waals surface area contributed by atoms with Crippen LogP contribution in [0, 0.1) is 11.8 Å². The maximum atomic E-state index is 11.9. The van der Waals surface area contributed by atoms with Crippen molar-refractivity contribution in [3.05, 3.63) is 36.0 Å². The lowest BCUT2D eigenvalue weighted by molar-refractivity contribution is 0.1000. The first-order valence-electron chi connectivity index (χ1n) is 9.52. The number of nitrogens with zero attached hydrogens (tertiary/aromatic N) is 3. The number of primary amides is 1. The van der Waals surface area contributed by atoms with E-state index in [1.165, 1.54) is 6.42 Å². The first kappa shape index (κ1) is 19.1. The van der Waals surface area contributed by atoms with Gasteiger partial charge in [-0.15, -0.1) is 0 Å². The van der Waals surface area contributed by atoms with Crippen molar-refractivity contribution in [2.45, 2.75) is 40.2 Å². The van der Waals surface area contributed by atoms with Crippen molar-refractivity contribution in [3.63, 3.8) is 0 Å². The van der Waals surface area contributed by atoms with Crippen molar-refractivity contribution < 1.29 is 9.53 Å². The third-order valence-corrected chi connectivity index (χ3v) is 4.70. The number of aromatic nitrogens is 2. The highest BCUT2D eigenvalue weighted by atomic mass is 16.5. The molecule has 27 heavy (non-hydrogen) atoms. The third-order valence-electron chi connectivity index (χ3n) is 4.70. The zero-order valence-corrected chi connectivity index (χ0v) is 16.5. The highest BCUT2D eigenvalue weighted by molar-refractivity contribution is 5.98. The quantitative estimate of drug-likeness (QED) is 0.873. The molecular formula is C21H28N4O2. The average molecular weight is 368 g/mol. The largest absolute Gasteiger partial charge is 0.475 e. The first-order chi connectivity index (χ1) is 12.8. The lowest BCUT2D eigenvalue weighted by Crippen LogP contribution is -2.40. The van der Waals surface area contributed by atoms with Crippen molar-refractivity contribution in [2.24, 2.45) is 17.6 Å². The van der Waals surface area contributed by atoms with Crippen molar-refractivity contribution in [1.82, 2.24) is 9.97 Å². The predicted molar refractivity (Wildman–Crippen MR) is 107 cm³/mol. The Morgan fingerprint density at radius 3 is 2.44 bits per heavy atom. The maximum Gasteiger partial charge on any atom is 0.252 e. The second-order valence-electron chi connectivity index (χ2n) is 7.83. The summed E-state index contributed by atoms with van der Waals surface area (Å²) in [6.45, 7) is 10.1. The van der Waals surface area contributed by atoms with Crippen LogP contribution < -0.4 is 15.4 Å². The van der Waals surface area contributed by atoms with E-state index >= 15 is 0 Å². The molecule has 1 amide bonds. The van der Waals surface area contributed by atoms with E-state index in [1.54, 1.807) is 12.3 Å². The number of hydrogen-bond donors (Lipinski definition) is 1. The van der Waals surface area contributed by atoms with Crippen LogP contribution in [0.25, 0.3) is 11.3 Å². The molecule has 3 heterocycles. The van der Waals surface area contributed by atoms with Crippen LogP contribution in [0.5, 0.6) is 5.88 Å². The minimum absolute atomic E-state index is 0.0750. The van der Waals surface area contributed by atoms with Gasteiger partial charge in [0.2, 0.25) is 5.88 Å². The van der Waals surface area contributed by atoms with Gasteiger partial charge in [0.15, 0.2) is 0 Å². The molecule has 1 fully saturated rings. The summed E-state index contributed by atoms with van der Waals surface area (Å²) in [5.41, 5.74) is 7.72. The first-order valence-corrected chi connectivity index (χ1v) is 9.52. The molecule has 144 valence electrons. The predicted octanol–water partition coefficient (Wildman–Crippen LogP) is 3.51. The minimum atomic E-state index is -0.450. The van der Waals surface area contributed by atoms with E-state index in [2.05, 4.69) is 23.7 Å². The summed E-state index contributed by atoms with van der Waals surface area (Å²) in [5, 5.41) is 0. The molecule has 2 N–H and O–H groups in total. The number of anilines is 1. The van der Waals surface area contributed by atoms with Gasteiger partial charge in [-0.25, -0.2) is 9.97 Å². The monoisotopic (exact) mass is 368 g/mol. The van der Waals surface area contributed by atoms with Gasteiger partial charge in [0.25, 0.3) is 5.91 Å². The highest BCUT2D eigenvalue weighted by Crippen LogP contribution is 2.30. The Morgan fingerprint density at radius 2 is 1.89 bits per heavy atom. The normalized spacial score (nSPS) is 20.0. The molecular weight excluding hydrogens is 340 g/mol. The number of pyridine rings is 2. The van der Waals surface area contributed by atoms with E-state index in [1.807, 2.05) is 32.0 Å². The van der Waals surface area contributed by atoms with Gasteiger partial charge < -0.3 is 15.4 Å². The minimum Gasteiger partial charge on any atom is -0.475 e. The second-order valence-corrected chi connectivity index (χ2v) is 7.83. The van der Waals surface area contributed by atoms with Gasteiger partial charge in [0.1, 0.15) is 5.82 Å². The van der Waals surface area contributed by atoms with Crippen molar-refractivity contribution in [2.75, 3.05) is 18.0 Å². The molecule has 3 rings (SSSR count). The van der Waals surface area contributed by atoms with Gasteiger partial charge in [-0.1, -0.05) is 13.8 Å².